The van der Waals surface area contributed by atoms with Gasteiger partial charge < -0.3 is 4.98 Å². The lowest BCUT2D eigenvalue weighted by Crippen LogP contribution is -1.85. The molecule has 0 radical (unpaired) electrons. The van der Waals surface area contributed by atoms with Crippen LogP contribution in [0.2, 0.25) is 0 Å². The summed E-state index contributed by atoms with van der Waals surface area (Å²) in [6, 6.07) is 4.15. The third-order valence-corrected chi connectivity index (χ3v) is 1.85. The molecule has 0 aliphatic heterocycles. The van der Waals surface area contributed by atoms with E-state index in [1.54, 1.807) is 0 Å². The smallest absolute Gasteiger partial charge is 0.0670 e. The SMILES string of the molecule is Cc1cc2cc[nH]c2c(C)n1. The van der Waals surface area contributed by atoms with E-state index < -0.39 is 0 Å². The number of aromatic amines is 1. The van der Waals surface area contributed by atoms with Gasteiger partial charge in [-0.25, -0.2) is 0 Å². The van der Waals surface area contributed by atoms with Gasteiger partial charge in [-0.1, -0.05) is 0 Å². The van der Waals surface area contributed by atoms with E-state index in [1.165, 1.54) is 5.39 Å². The number of hydrogen-bond acceptors (Lipinski definition) is 1. The summed E-state index contributed by atoms with van der Waals surface area (Å²) < 4.78 is 0. The van der Waals surface area contributed by atoms with Crippen LogP contribution in [0.15, 0.2) is 18.3 Å². The Morgan fingerprint density at radius 3 is 3.00 bits per heavy atom. The molecule has 2 nitrogen and oxygen atoms in total. The van der Waals surface area contributed by atoms with E-state index >= 15 is 0 Å². The zero-order valence-corrected chi connectivity index (χ0v) is 6.68. The Bertz CT molecular complexity index is 387. The average molecular weight is 146 g/mol. The van der Waals surface area contributed by atoms with Crippen LogP contribution in [0.5, 0.6) is 0 Å². The molecule has 0 atom stereocenters. The molecule has 0 unspecified atom stereocenters. The minimum atomic E-state index is 1.07. The van der Waals surface area contributed by atoms with E-state index in [9.17, 15) is 0 Å². The van der Waals surface area contributed by atoms with Crippen molar-refractivity contribution in [3.05, 3.63) is 29.7 Å². The van der Waals surface area contributed by atoms with Crippen molar-refractivity contribution in [3.8, 4) is 0 Å². The lowest BCUT2D eigenvalue weighted by Gasteiger charge is -1.96. The molecule has 0 aromatic carbocycles. The van der Waals surface area contributed by atoms with Crippen LogP contribution in [0.4, 0.5) is 0 Å². The number of hydrogen-bond donors (Lipinski definition) is 1. The molecule has 2 heterocycles. The predicted octanol–water partition coefficient (Wildman–Crippen LogP) is 2.18. The Hall–Kier alpha value is -1.31. The monoisotopic (exact) mass is 146 g/mol. The van der Waals surface area contributed by atoms with Crippen molar-refractivity contribution in [2.45, 2.75) is 13.8 Å². The van der Waals surface area contributed by atoms with Crippen molar-refractivity contribution in [2.75, 3.05) is 0 Å². The van der Waals surface area contributed by atoms with Gasteiger partial charge in [-0.15, -0.1) is 0 Å². The summed E-state index contributed by atoms with van der Waals surface area (Å²) in [6.45, 7) is 4.03. The summed E-state index contributed by atoms with van der Waals surface area (Å²) in [4.78, 5) is 7.50. The molecule has 0 amide bonds. The fourth-order valence-corrected chi connectivity index (χ4v) is 1.39. The van der Waals surface area contributed by atoms with E-state index in [0.717, 1.165) is 16.9 Å². The van der Waals surface area contributed by atoms with Crippen LogP contribution in [0.25, 0.3) is 10.9 Å². The number of aromatic nitrogens is 2. The lowest BCUT2D eigenvalue weighted by atomic mass is 10.2. The maximum Gasteiger partial charge on any atom is 0.0670 e. The third kappa shape index (κ3) is 0.909. The van der Waals surface area contributed by atoms with Gasteiger partial charge in [-0.2, -0.15) is 0 Å². The van der Waals surface area contributed by atoms with Gasteiger partial charge in [0, 0.05) is 17.3 Å². The predicted molar refractivity (Wildman–Crippen MR) is 45.6 cm³/mol. The van der Waals surface area contributed by atoms with Crippen molar-refractivity contribution >= 4 is 10.9 Å². The first-order valence-electron chi connectivity index (χ1n) is 3.69. The van der Waals surface area contributed by atoms with Gasteiger partial charge in [0.2, 0.25) is 0 Å². The second-order valence-electron chi connectivity index (χ2n) is 2.79. The van der Waals surface area contributed by atoms with Gasteiger partial charge in [0.05, 0.1) is 11.2 Å². The molecule has 2 heteroatoms. The van der Waals surface area contributed by atoms with Crippen LogP contribution < -0.4 is 0 Å². The molecular formula is C9H10N2. The molecule has 11 heavy (non-hydrogen) atoms. The largest absolute Gasteiger partial charge is 0.360 e. The molecule has 1 N–H and O–H groups in total. The summed E-state index contributed by atoms with van der Waals surface area (Å²) in [5.41, 5.74) is 3.30. The van der Waals surface area contributed by atoms with Gasteiger partial charge in [0.25, 0.3) is 0 Å². The Kier molecular flexibility index (Phi) is 1.22. The molecule has 0 bridgehead atoms. The molecule has 0 spiro atoms. The van der Waals surface area contributed by atoms with Gasteiger partial charge in [0.1, 0.15) is 0 Å². The highest BCUT2D eigenvalue weighted by molar-refractivity contribution is 5.81. The summed E-state index contributed by atoms with van der Waals surface area (Å²) in [5, 5.41) is 1.25. The van der Waals surface area contributed by atoms with Crippen LogP contribution in [-0.2, 0) is 0 Å². The second kappa shape index (κ2) is 2.09. The van der Waals surface area contributed by atoms with Crippen LogP contribution >= 0.6 is 0 Å². The number of nitrogens with one attached hydrogen (secondary N) is 1. The van der Waals surface area contributed by atoms with Gasteiger partial charge in [-0.3, -0.25) is 4.98 Å². The summed E-state index contributed by atoms with van der Waals surface area (Å²) in [7, 11) is 0. The highest BCUT2D eigenvalue weighted by Gasteiger charge is 1.98. The standard InChI is InChI=1S/C9H10N2/c1-6-5-8-3-4-10-9(8)7(2)11-6/h3-5,10H,1-2H3. The molecule has 2 aromatic heterocycles. The number of pyridine rings is 1. The Morgan fingerprint density at radius 2 is 2.18 bits per heavy atom. The quantitative estimate of drug-likeness (QED) is 0.606. The summed E-state index contributed by atoms with van der Waals surface area (Å²) in [6.07, 6.45) is 1.94. The summed E-state index contributed by atoms with van der Waals surface area (Å²) >= 11 is 0. The fraction of sp³-hybridized carbons (Fsp3) is 0.222. The lowest BCUT2D eigenvalue weighted by molar-refractivity contribution is 1.14. The van der Waals surface area contributed by atoms with Gasteiger partial charge in [0.15, 0.2) is 0 Å². The van der Waals surface area contributed by atoms with Crippen LogP contribution in [-0.4, -0.2) is 9.97 Å². The zero-order chi connectivity index (χ0) is 7.84. The topological polar surface area (TPSA) is 28.7 Å². The van der Waals surface area contributed by atoms with Gasteiger partial charge in [-0.05, 0) is 26.0 Å². The first kappa shape index (κ1) is 6.40. The molecule has 2 aromatic rings. The van der Waals surface area contributed by atoms with Gasteiger partial charge >= 0.3 is 0 Å². The van der Waals surface area contributed by atoms with Crippen molar-refractivity contribution in [3.63, 3.8) is 0 Å². The number of nitrogens with zero attached hydrogens (tertiary/aromatic N) is 1. The van der Waals surface area contributed by atoms with E-state index in [4.69, 9.17) is 0 Å². The molecule has 0 saturated heterocycles. The molecule has 0 aliphatic carbocycles. The van der Waals surface area contributed by atoms with Crippen LogP contribution in [0, 0.1) is 13.8 Å². The molecule has 0 saturated carbocycles. The first-order chi connectivity index (χ1) is 5.27. The number of H-pyrrole nitrogens is 1. The Labute approximate surface area is 65.3 Å². The van der Waals surface area contributed by atoms with E-state index in [-0.39, 0.29) is 0 Å². The normalized spacial score (nSPS) is 10.7. The van der Waals surface area contributed by atoms with Crippen LogP contribution in [0.1, 0.15) is 11.4 Å². The first-order valence-corrected chi connectivity index (χ1v) is 3.69. The number of fused-ring (bicyclic) bond motifs is 1. The zero-order valence-electron chi connectivity index (χ0n) is 6.68. The Morgan fingerprint density at radius 1 is 1.36 bits per heavy atom. The van der Waals surface area contributed by atoms with Crippen molar-refractivity contribution in [1.82, 2.24) is 9.97 Å². The van der Waals surface area contributed by atoms with E-state index in [1.807, 2.05) is 20.0 Å². The maximum atomic E-state index is 4.34. The maximum absolute atomic E-state index is 4.34. The van der Waals surface area contributed by atoms with Crippen molar-refractivity contribution in [2.24, 2.45) is 0 Å². The molecule has 2 rings (SSSR count). The molecular weight excluding hydrogens is 136 g/mol. The van der Waals surface area contributed by atoms with E-state index in [2.05, 4.69) is 22.1 Å². The van der Waals surface area contributed by atoms with Crippen molar-refractivity contribution < 1.29 is 0 Å². The summed E-state index contributed by atoms with van der Waals surface area (Å²) in [5.74, 6) is 0. The average Bonchev–Trinajstić information content (AvgIpc) is 2.34. The second-order valence-corrected chi connectivity index (χ2v) is 2.79. The highest BCUT2D eigenvalue weighted by Crippen LogP contribution is 2.15. The van der Waals surface area contributed by atoms with Crippen molar-refractivity contribution in [1.29, 1.82) is 0 Å². The fourth-order valence-electron chi connectivity index (χ4n) is 1.39. The third-order valence-electron chi connectivity index (χ3n) is 1.85. The van der Waals surface area contributed by atoms with Crippen LogP contribution in [0.3, 0.4) is 0 Å². The number of aryl methyl sites for hydroxylation is 2. The molecule has 0 fully saturated rings. The minimum Gasteiger partial charge on any atom is -0.360 e. The molecule has 0 aliphatic rings. The Balaban J connectivity index is 2.91. The number of rotatable bonds is 0. The minimum absolute atomic E-state index is 1.07. The van der Waals surface area contributed by atoms with E-state index in [0.29, 0.717) is 0 Å². The highest BCUT2D eigenvalue weighted by atomic mass is 14.8. The molecule has 56 valence electrons.